The Balaban J connectivity index is 1.76. The van der Waals surface area contributed by atoms with Crippen LogP contribution in [0.4, 0.5) is 0 Å². The summed E-state index contributed by atoms with van der Waals surface area (Å²) < 4.78 is 0. The molecule has 5 heteroatoms. The fourth-order valence-corrected chi connectivity index (χ4v) is 2.36. The van der Waals surface area contributed by atoms with E-state index in [0.717, 1.165) is 34.2 Å². The Morgan fingerprint density at radius 3 is 2.38 bits per heavy atom. The van der Waals surface area contributed by atoms with Gasteiger partial charge in [0.1, 0.15) is 0 Å². The molecule has 0 atom stereocenters. The van der Waals surface area contributed by atoms with Crippen LogP contribution in [0.15, 0.2) is 75.7 Å². The molecule has 2 N–H and O–H groups in total. The molecule has 3 rings (SSSR count). The summed E-state index contributed by atoms with van der Waals surface area (Å²) in [6, 6.07) is 3.82. The van der Waals surface area contributed by atoms with E-state index in [0.29, 0.717) is 0 Å². The second-order valence-electron chi connectivity index (χ2n) is 5.11. The van der Waals surface area contributed by atoms with E-state index in [-0.39, 0.29) is 5.70 Å². The molecule has 0 amide bonds. The quantitative estimate of drug-likeness (QED) is 0.471. The minimum atomic E-state index is 0.255. The second-order valence-corrected chi connectivity index (χ2v) is 5.39. The summed E-state index contributed by atoms with van der Waals surface area (Å²) >= 11 is 4.57. The van der Waals surface area contributed by atoms with Gasteiger partial charge in [-0.1, -0.05) is 0 Å². The van der Waals surface area contributed by atoms with Crippen molar-refractivity contribution in [2.75, 3.05) is 0 Å². The van der Waals surface area contributed by atoms with Gasteiger partial charge in [-0.05, 0) is 0 Å². The van der Waals surface area contributed by atoms with Crippen LogP contribution in [0.2, 0.25) is 0 Å². The van der Waals surface area contributed by atoms with Crippen LogP contribution in [-0.2, 0) is 15.0 Å². The van der Waals surface area contributed by atoms with Crippen LogP contribution in [0, 0.1) is 6.58 Å². The summed E-state index contributed by atoms with van der Waals surface area (Å²) in [5.41, 5.74) is 12.9. The zero-order chi connectivity index (χ0) is 16.9. The summed E-state index contributed by atoms with van der Waals surface area (Å²) in [6.07, 6.45) is 14.4. The van der Waals surface area contributed by atoms with Crippen molar-refractivity contribution in [1.29, 1.82) is 0 Å². The Hall–Kier alpha value is -2.78. The number of H-pyrrole nitrogens is 1. The molecule has 24 heavy (non-hydrogen) atoms. The molecular weight excluding hydrogens is 343 g/mol. The van der Waals surface area contributed by atoms with Gasteiger partial charge in [0.15, 0.2) is 0 Å². The third kappa shape index (κ3) is 3.95. The molecule has 0 aromatic carbocycles. The van der Waals surface area contributed by atoms with Gasteiger partial charge in [-0.15, -0.1) is 6.08 Å². The average molecular weight is 357 g/mol. The first-order valence-electron chi connectivity index (χ1n) is 7.20. The van der Waals surface area contributed by atoms with E-state index in [1.165, 1.54) is 6.08 Å². The molecule has 0 spiro atoms. The van der Waals surface area contributed by atoms with Crippen LogP contribution in [0.1, 0.15) is 11.4 Å². The van der Waals surface area contributed by atoms with E-state index in [9.17, 15) is 0 Å². The Bertz CT molecular complexity index is 902. The minimum absolute atomic E-state index is 0.255. The molecule has 0 fully saturated rings. The molecule has 1 aromatic heterocycles. The molecule has 0 unspecified atom stereocenters. The van der Waals surface area contributed by atoms with Crippen LogP contribution >= 0.6 is 0 Å². The molecule has 1 aromatic rings. The van der Waals surface area contributed by atoms with Crippen molar-refractivity contribution in [2.45, 2.75) is 0 Å². The van der Waals surface area contributed by atoms with Crippen molar-refractivity contribution < 1.29 is 15.0 Å². The van der Waals surface area contributed by atoms with E-state index in [1.807, 2.05) is 48.6 Å². The Morgan fingerprint density at radius 2 is 1.67 bits per heavy atom. The first kappa shape index (κ1) is 16.1. The van der Waals surface area contributed by atoms with E-state index in [2.05, 4.69) is 30.0 Å². The van der Waals surface area contributed by atoms with Crippen molar-refractivity contribution >= 4 is 28.6 Å². The Morgan fingerprint density at radius 1 is 1.00 bits per heavy atom. The van der Waals surface area contributed by atoms with Crippen LogP contribution < -0.4 is 0 Å². The maximum absolute atomic E-state index is 7.53. The molecular formula is C19H14N4Ni-2. The number of nitrogens with zero attached hydrogens (tertiary/aromatic N) is 2. The van der Waals surface area contributed by atoms with Gasteiger partial charge in [0.25, 0.3) is 0 Å². The maximum atomic E-state index is 7.53. The van der Waals surface area contributed by atoms with Crippen molar-refractivity contribution in [3.8, 4) is 0 Å². The Kier molecular flexibility index (Phi) is 4.83. The number of allylic oxidation sites excluding steroid dienone is 6. The zero-order valence-corrected chi connectivity index (χ0v) is 13.6. The number of rotatable bonds is 5. The molecule has 0 saturated heterocycles. The predicted octanol–water partition coefficient (Wildman–Crippen LogP) is 3.99. The molecule has 0 aliphatic carbocycles. The van der Waals surface area contributed by atoms with Crippen molar-refractivity contribution in [3.05, 3.63) is 89.4 Å². The van der Waals surface area contributed by atoms with E-state index in [4.69, 9.17) is 12.3 Å². The Labute approximate surface area is 148 Å². The number of aliphatic imine (C=N–C) groups is 2. The van der Waals surface area contributed by atoms with E-state index < -0.39 is 0 Å². The van der Waals surface area contributed by atoms with Gasteiger partial charge in [-0.2, -0.15) is 0 Å². The van der Waals surface area contributed by atoms with Gasteiger partial charge in [-0.3, -0.25) is 12.7 Å². The first-order chi connectivity index (χ1) is 11.7. The van der Waals surface area contributed by atoms with Crippen LogP contribution in [0.3, 0.4) is 0 Å². The van der Waals surface area contributed by atoms with Crippen LogP contribution in [0.25, 0.3) is 17.9 Å². The van der Waals surface area contributed by atoms with E-state index in [1.54, 1.807) is 11.1 Å². The zero-order valence-electron chi connectivity index (χ0n) is 12.6. The second kappa shape index (κ2) is 7.20. The van der Waals surface area contributed by atoms with Gasteiger partial charge in [0.05, 0.1) is 0 Å². The SMILES string of the molecule is [CH-]=CC([NH-])=Cc1ccc(C=C2C=CC(C=C3C=CC([CH]=[Ni])=N3)=N2)[nH]1. The number of hydrogen-bond acceptors (Lipinski definition) is 2. The van der Waals surface area contributed by atoms with Crippen LogP contribution in [0.5, 0.6) is 0 Å². The molecule has 0 saturated carbocycles. The fourth-order valence-electron chi connectivity index (χ4n) is 2.21. The third-order valence-electron chi connectivity index (χ3n) is 3.28. The van der Waals surface area contributed by atoms with Gasteiger partial charge >= 0.3 is 118 Å². The average Bonchev–Trinajstić information content (AvgIpc) is 3.30. The normalized spacial score (nSPS) is 20.0. The third-order valence-corrected chi connectivity index (χ3v) is 3.57. The monoisotopic (exact) mass is 356 g/mol. The number of nitrogens with one attached hydrogen (secondary N) is 2. The standard InChI is InChI=1S/C19H14N4.Ni/c1-3-14(20)10-15-6-7-18(22-15)12-19-9-8-17(23-19)11-16-5-4-13(2)21-16;/h1-12,20,22H;/q-2;. The molecule has 0 radical (unpaired) electrons. The van der Waals surface area contributed by atoms with E-state index >= 15 is 0 Å². The summed E-state index contributed by atoms with van der Waals surface area (Å²) in [6.45, 7) is 5.30. The van der Waals surface area contributed by atoms with Crippen molar-refractivity contribution in [1.82, 2.24) is 4.98 Å². The fraction of sp³-hybridized carbons (Fsp3) is 0. The molecule has 4 nitrogen and oxygen atoms in total. The number of aromatic nitrogens is 1. The number of aromatic amines is 1. The van der Waals surface area contributed by atoms with Crippen molar-refractivity contribution in [3.63, 3.8) is 0 Å². The molecule has 2 aliphatic rings. The van der Waals surface area contributed by atoms with Gasteiger partial charge in [0.2, 0.25) is 0 Å². The van der Waals surface area contributed by atoms with Gasteiger partial charge in [-0.25, -0.2) is 0 Å². The number of hydrogen-bond donors (Lipinski definition) is 1. The topological polar surface area (TPSA) is 64.3 Å². The predicted molar refractivity (Wildman–Crippen MR) is 97.2 cm³/mol. The first-order valence-corrected chi connectivity index (χ1v) is 7.77. The summed E-state index contributed by atoms with van der Waals surface area (Å²) in [4.78, 5) is 13.7. The molecule has 0 bridgehead atoms. The molecule has 3 heterocycles. The molecule has 2 aliphatic heterocycles. The molecule has 122 valence electrons. The summed E-state index contributed by atoms with van der Waals surface area (Å²) in [5, 5.41) is 0. The summed E-state index contributed by atoms with van der Waals surface area (Å²) in [7, 11) is 0. The van der Waals surface area contributed by atoms with Gasteiger partial charge < -0.3 is 11.4 Å². The summed E-state index contributed by atoms with van der Waals surface area (Å²) in [5.74, 6) is 0. The van der Waals surface area contributed by atoms with Gasteiger partial charge in [0, 0.05) is 0 Å². The van der Waals surface area contributed by atoms with Crippen molar-refractivity contribution in [2.24, 2.45) is 9.98 Å². The van der Waals surface area contributed by atoms with Crippen LogP contribution in [-0.4, -0.2) is 21.4 Å².